The highest BCUT2D eigenvalue weighted by Crippen LogP contribution is 2.36. The fraction of sp³-hybridized carbons (Fsp3) is 0.154. The van der Waals surface area contributed by atoms with Crippen molar-refractivity contribution in [3.8, 4) is 34.6 Å². The van der Waals surface area contributed by atoms with E-state index in [0.29, 0.717) is 46.8 Å². The molecule has 1 aromatic carbocycles. The molecule has 0 saturated heterocycles. The van der Waals surface area contributed by atoms with Crippen molar-refractivity contribution in [2.24, 2.45) is 0 Å². The van der Waals surface area contributed by atoms with Crippen molar-refractivity contribution in [3.05, 3.63) is 67.0 Å². The number of rotatable bonds is 9. The zero-order chi connectivity index (χ0) is 27.4. The quantitative estimate of drug-likeness (QED) is 0.287. The molecule has 3 N–H and O–H groups in total. The Hall–Kier alpha value is -5.46. The number of benzene rings is 1. The molecule has 4 heterocycles. The van der Waals surface area contributed by atoms with Gasteiger partial charge in [0.05, 0.1) is 51.1 Å². The first-order chi connectivity index (χ1) is 19.0. The number of anilines is 2. The molecular formula is C26H24N8O5. The first kappa shape index (κ1) is 25.2. The molecule has 5 aromatic rings. The van der Waals surface area contributed by atoms with Crippen molar-refractivity contribution in [2.45, 2.75) is 6.92 Å². The van der Waals surface area contributed by atoms with Crippen molar-refractivity contribution >= 4 is 28.4 Å². The Labute approximate surface area is 222 Å². The van der Waals surface area contributed by atoms with Crippen LogP contribution >= 0.6 is 0 Å². The second-order valence-corrected chi connectivity index (χ2v) is 7.99. The van der Waals surface area contributed by atoms with Crippen molar-refractivity contribution in [1.82, 2.24) is 29.7 Å². The molecule has 0 aliphatic carbocycles. The van der Waals surface area contributed by atoms with Gasteiger partial charge in [-0.1, -0.05) is 0 Å². The number of ether oxygens (including phenoxy) is 4. The largest absolute Gasteiger partial charge is 0.493 e. The van der Waals surface area contributed by atoms with E-state index in [4.69, 9.17) is 24.7 Å². The maximum atomic E-state index is 13.0. The fourth-order valence-corrected chi connectivity index (χ4v) is 3.70. The molecule has 13 heteroatoms. The topological polar surface area (TPSA) is 161 Å². The smallest absolute Gasteiger partial charge is 0.281 e. The molecule has 1 amide bonds. The Kier molecular flexibility index (Phi) is 7.03. The second kappa shape index (κ2) is 10.9. The fourth-order valence-electron chi connectivity index (χ4n) is 3.70. The van der Waals surface area contributed by atoms with Crippen LogP contribution in [0, 0.1) is 0 Å². The van der Waals surface area contributed by atoms with Crippen LogP contribution in [0.4, 0.5) is 11.6 Å². The summed E-state index contributed by atoms with van der Waals surface area (Å²) in [4.78, 5) is 29.9. The average Bonchev–Trinajstić information content (AvgIpc) is 3.38. The van der Waals surface area contributed by atoms with Crippen LogP contribution in [0.5, 0.6) is 28.7 Å². The monoisotopic (exact) mass is 528 g/mol. The number of nitrogens with one attached hydrogen (secondary N) is 1. The number of carbonyl (C=O) groups excluding carboxylic acids is 1. The number of hydrogen-bond acceptors (Lipinski definition) is 11. The van der Waals surface area contributed by atoms with E-state index >= 15 is 0 Å². The maximum Gasteiger partial charge on any atom is 0.281 e. The van der Waals surface area contributed by atoms with Gasteiger partial charge in [-0.2, -0.15) is 5.10 Å². The zero-order valence-corrected chi connectivity index (χ0v) is 21.3. The molecule has 13 nitrogen and oxygen atoms in total. The summed E-state index contributed by atoms with van der Waals surface area (Å²) >= 11 is 0. The Morgan fingerprint density at radius 3 is 2.46 bits per heavy atom. The van der Waals surface area contributed by atoms with Gasteiger partial charge in [-0.3, -0.25) is 9.78 Å². The van der Waals surface area contributed by atoms with Crippen LogP contribution in [0.15, 0.2) is 61.3 Å². The van der Waals surface area contributed by atoms with Gasteiger partial charge in [-0.05, 0) is 31.2 Å². The van der Waals surface area contributed by atoms with E-state index in [1.54, 1.807) is 63.9 Å². The number of amides is 1. The predicted molar refractivity (Wildman–Crippen MR) is 142 cm³/mol. The number of methoxy groups -OCH3 is 2. The summed E-state index contributed by atoms with van der Waals surface area (Å²) in [6, 6.07) is 8.60. The lowest BCUT2D eigenvalue weighted by atomic mass is 10.2. The van der Waals surface area contributed by atoms with Crippen molar-refractivity contribution < 1.29 is 23.7 Å². The summed E-state index contributed by atoms with van der Waals surface area (Å²) in [6.07, 6.45) is 7.52. The standard InChI is InChI=1S/C26H24N8O5/c1-4-38-21-14-34(24-13-29-22(27)12-31-24)33-25(21)26(35)32-23-6-5-15(11-30-23)39-18-7-8-28-17-10-20(37-3)19(36-2)9-16(17)18/h5-14H,4H2,1-3H3,(H2,27,29)(H,30,32,35). The van der Waals surface area contributed by atoms with Gasteiger partial charge >= 0.3 is 0 Å². The number of hydrogen-bond donors (Lipinski definition) is 2. The van der Waals surface area contributed by atoms with Gasteiger partial charge in [-0.15, -0.1) is 0 Å². The van der Waals surface area contributed by atoms with Gasteiger partial charge in [-0.25, -0.2) is 19.6 Å². The highest BCUT2D eigenvalue weighted by molar-refractivity contribution is 6.04. The minimum Gasteiger partial charge on any atom is -0.493 e. The van der Waals surface area contributed by atoms with Crippen LogP contribution in [-0.4, -0.2) is 56.5 Å². The van der Waals surface area contributed by atoms with Gasteiger partial charge in [0.1, 0.15) is 23.1 Å². The van der Waals surface area contributed by atoms with E-state index in [-0.39, 0.29) is 17.3 Å². The number of fused-ring (bicyclic) bond motifs is 1. The van der Waals surface area contributed by atoms with Crippen molar-refractivity contribution in [3.63, 3.8) is 0 Å². The lowest BCUT2D eigenvalue weighted by Gasteiger charge is -2.12. The van der Waals surface area contributed by atoms with Gasteiger partial charge in [0.25, 0.3) is 5.91 Å². The van der Waals surface area contributed by atoms with Crippen LogP contribution in [0.2, 0.25) is 0 Å². The maximum absolute atomic E-state index is 13.0. The molecule has 0 fully saturated rings. The van der Waals surface area contributed by atoms with Crippen LogP contribution < -0.4 is 30.0 Å². The van der Waals surface area contributed by atoms with Crippen LogP contribution in [-0.2, 0) is 0 Å². The van der Waals surface area contributed by atoms with E-state index in [9.17, 15) is 4.79 Å². The van der Waals surface area contributed by atoms with Crippen LogP contribution in [0.3, 0.4) is 0 Å². The van der Waals surface area contributed by atoms with Gasteiger partial charge < -0.3 is 30.0 Å². The molecule has 0 bridgehead atoms. The molecule has 5 rings (SSSR count). The third-order valence-electron chi connectivity index (χ3n) is 5.50. The summed E-state index contributed by atoms with van der Waals surface area (Å²) in [7, 11) is 3.12. The molecule has 0 saturated carbocycles. The van der Waals surface area contributed by atoms with E-state index in [2.05, 4.69) is 30.4 Å². The third kappa shape index (κ3) is 5.32. The highest BCUT2D eigenvalue weighted by atomic mass is 16.5. The number of aromatic nitrogens is 6. The van der Waals surface area contributed by atoms with E-state index in [1.807, 2.05) is 0 Å². The summed E-state index contributed by atoms with van der Waals surface area (Å²) in [6.45, 7) is 2.15. The molecule has 0 aliphatic rings. The minimum absolute atomic E-state index is 0.0604. The van der Waals surface area contributed by atoms with E-state index in [0.717, 1.165) is 5.39 Å². The minimum atomic E-state index is -0.511. The molecule has 39 heavy (non-hydrogen) atoms. The molecule has 0 spiro atoms. The van der Waals surface area contributed by atoms with Crippen molar-refractivity contribution in [2.75, 3.05) is 31.9 Å². The van der Waals surface area contributed by atoms with Gasteiger partial charge in [0.2, 0.25) is 0 Å². The molecule has 198 valence electrons. The summed E-state index contributed by atoms with van der Waals surface area (Å²) in [5.74, 6) is 2.84. The third-order valence-corrected chi connectivity index (χ3v) is 5.50. The Balaban J connectivity index is 1.34. The molecular weight excluding hydrogens is 504 g/mol. The Morgan fingerprint density at radius 1 is 0.949 bits per heavy atom. The molecule has 0 atom stereocenters. The molecule has 0 unspecified atom stereocenters. The predicted octanol–water partition coefficient (Wildman–Crippen LogP) is 3.65. The second-order valence-electron chi connectivity index (χ2n) is 7.99. The van der Waals surface area contributed by atoms with Crippen LogP contribution in [0.25, 0.3) is 16.7 Å². The lowest BCUT2D eigenvalue weighted by Crippen LogP contribution is -2.15. The van der Waals surface area contributed by atoms with Gasteiger partial charge in [0.15, 0.2) is 28.8 Å². The van der Waals surface area contributed by atoms with Gasteiger partial charge in [0, 0.05) is 17.6 Å². The number of nitrogens with zero attached hydrogens (tertiary/aromatic N) is 6. The number of nitrogen functional groups attached to an aromatic ring is 1. The van der Waals surface area contributed by atoms with Crippen LogP contribution in [0.1, 0.15) is 17.4 Å². The number of nitrogens with two attached hydrogens (primary N) is 1. The summed E-state index contributed by atoms with van der Waals surface area (Å²) in [5, 5.41) is 7.77. The van der Waals surface area contributed by atoms with E-state index in [1.165, 1.54) is 23.3 Å². The zero-order valence-electron chi connectivity index (χ0n) is 21.3. The Bertz CT molecular complexity index is 1620. The first-order valence-electron chi connectivity index (χ1n) is 11.8. The number of pyridine rings is 2. The number of carbonyl (C=O) groups is 1. The molecule has 4 aromatic heterocycles. The molecule has 0 aliphatic heterocycles. The first-order valence-corrected chi connectivity index (χ1v) is 11.8. The summed E-state index contributed by atoms with van der Waals surface area (Å²) in [5.41, 5.74) is 6.34. The van der Waals surface area contributed by atoms with Crippen molar-refractivity contribution in [1.29, 1.82) is 0 Å². The summed E-state index contributed by atoms with van der Waals surface area (Å²) < 4.78 is 23.8. The normalized spacial score (nSPS) is 10.7. The molecule has 0 radical (unpaired) electrons. The lowest BCUT2D eigenvalue weighted by molar-refractivity contribution is 0.101. The highest BCUT2D eigenvalue weighted by Gasteiger charge is 2.20. The average molecular weight is 529 g/mol. The van der Waals surface area contributed by atoms with E-state index < -0.39 is 5.91 Å². The Morgan fingerprint density at radius 2 is 1.77 bits per heavy atom. The SMILES string of the molecule is CCOc1cn(-c2cnc(N)cn2)nc1C(=O)Nc1ccc(Oc2ccnc3cc(OC)c(OC)cc23)cn1.